The lowest BCUT2D eigenvalue weighted by Crippen LogP contribution is -2.57. The third kappa shape index (κ3) is 3.69. The fourth-order valence-corrected chi connectivity index (χ4v) is 0.864. The highest BCUT2D eigenvalue weighted by Gasteiger charge is 2.45. The third-order valence-corrected chi connectivity index (χ3v) is 2.00. The molecule has 5 nitrogen and oxygen atoms in total. The highest BCUT2D eigenvalue weighted by molar-refractivity contribution is 5.87. The van der Waals surface area contributed by atoms with E-state index in [1.54, 1.807) is 0 Å². The molecule has 1 atom stereocenters. The predicted molar refractivity (Wildman–Crippen MR) is 46.7 cm³/mol. The highest BCUT2D eigenvalue weighted by atomic mass is 19.4. The van der Waals surface area contributed by atoms with E-state index in [2.05, 4.69) is 0 Å². The van der Waals surface area contributed by atoms with Crippen LogP contribution >= 0.6 is 0 Å². The number of carboxylic acids is 1. The first-order valence-electron chi connectivity index (χ1n) is 4.18. The third-order valence-electron chi connectivity index (χ3n) is 2.00. The number of carbonyl (C=O) groups excluding carboxylic acids is 1. The number of hydrogen-bond donors (Lipinski definition) is 2. The molecule has 0 aliphatic carbocycles. The topological polar surface area (TPSA) is 75.6 Å². The van der Waals surface area contributed by atoms with E-state index in [-0.39, 0.29) is 0 Å². The van der Waals surface area contributed by atoms with Gasteiger partial charge in [0, 0.05) is 7.11 Å². The average molecular weight is 243 g/mol. The molecule has 0 heterocycles. The summed E-state index contributed by atoms with van der Waals surface area (Å²) in [5.41, 5.74) is -1.45. The van der Waals surface area contributed by atoms with Crippen molar-refractivity contribution in [3.63, 3.8) is 0 Å². The van der Waals surface area contributed by atoms with Gasteiger partial charge in [0.25, 0.3) is 0 Å². The molecule has 2 N–H and O–H groups in total. The first kappa shape index (κ1) is 14.7. The van der Waals surface area contributed by atoms with Crippen LogP contribution in [0.3, 0.4) is 0 Å². The monoisotopic (exact) mass is 243 g/mol. The van der Waals surface area contributed by atoms with Crippen LogP contribution in [0.1, 0.15) is 13.8 Å². The van der Waals surface area contributed by atoms with E-state index >= 15 is 0 Å². The first-order chi connectivity index (χ1) is 7.02. The maximum Gasteiger partial charge on any atom is 0.471 e. The van der Waals surface area contributed by atoms with Gasteiger partial charge in [0.15, 0.2) is 6.04 Å². The molecule has 0 aliphatic rings. The summed E-state index contributed by atoms with van der Waals surface area (Å²) in [5, 5.41) is 10.1. The minimum atomic E-state index is -5.13. The summed E-state index contributed by atoms with van der Waals surface area (Å²) in [6.45, 7) is 2.50. The van der Waals surface area contributed by atoms with Crippen LogP contribution in [-0.2, 0) is 14.3 Å². The molecule has 0 fully saturated rings. The summed E-state index contributed by atoms with van der Waals surface area (Å²) >= 11 is 0. The second-order valence-electron chi connectivity index (χ2n) is 3.55. The van der Waals surface area contributed by atoms with E-state index < -0.39 is 29.7 Å². The number of halogens is 3. The van der Waals surface area contributed by atoms with E-state index in [9.17, 15) is 22.8 Å². The lowest BCUT2D eigenvalue weighted by Gasteiger charge is -2.30. The van der Waals surface area contributed by atoms with Crippen molar-refractivity contribution in [3.05, 3.63) is 0 Å². The Morgan fingerprint density at radius 2 is 1.75 bits per heavy atom. The van der Waals surface area contributed by atoms with Crippen molar-refractivity contribution < 1.29 is 32.6 Å². The maximum absolute atomic E-state index is 11.9. The minimum absolute atomic E-state index is 1.13. The second-order valence-corrected chi connectivity index (χ2v) is 3.55. The van der Waals surface area contributed by atoms with Crippen LogP contribution in [0.4, 0.5) is 13.2 Å². The van der Waals surface area contributed by atoms with Gasteiger partial charge in [0.2, 0.25) is 0 Å². The van der Waals surface area contributed by atoms with E-state index in [1.165, 1.54) is 19.2 Å². The van der Waals surface area contributed by atoms with Gasteiger partial charge in [-0.25, -0.2) is 4.79 Å². The molecule has 16 heavy (non-hydrogen) atoms. The summed E-state index contributed by atoms with van der Waals surface area (Å²) in [7, 11) is 1.13. The number of methoxy groups -OCH3 is 1. The minimum Gasteiger partial charge on any atom is -0.480 e. The van der Waals surface area contributed by atoms with Crippen LogP contribution in [0, 0.1) is 0 Å². The van der Waals surface area contributed by atoms with Gasteiger partial charge in [-0.05, 0) is 13.8 Å². The Balaban J connectivity index is 4.87. The molecule has 0 unspecified atom stereocenters. The highest BCUT2D eigenvalue weighted by Crippen LogP contribution is 2.18. The first-order valence-corrected chi connectivity index (χ1v) is 4.18. The number of hydrogen-bond acceptors (Lipinski definition) is 3. The van der Waals surface area contributed by atoms with Gasteiger partial charge in [-0.3, -0.25) is 4.79 Å². The van der Waals surface area contributed by atoms with Gasteiger partial charge < -0.3 is 15.2 Å². The average Bonchev–Trinajstić information content (AvgIpc) is 2.11. The summed E-state index contributed by atoms with van der Waals surface area (Å²) < 4.78 is 40.5. The Kier molecular flexibility index (Phi) is 4.30. The molecule has 1 amide bonds. The SMILES string of the molecule is COC(C)(C)[C@H](NC(=O)C(F)(F)F)C(=O)O. The Morgan fingerprint density at radius 1 is 1.31 bits per heavy atom. The standard InChI is InChI=1S/C8H12F3NO4/c1-7(2,16-3)4(5(13)14)12-6(15)8(9,10)11/h4H,1-3H3,(H,12,15)(H,13,14)/t4-/m1/s1. The smallest absolute Gasteiger partial charge is 0.471 e. The molecule has 0 radical (unpaired) electrons. The fourth-order valence-electron chi connectivity index (χ4n) is 0.864. The zero-order chi connectivity index (χ0) is 13.1. The number of aliphatic carboxylic acids is 1. The Bertz CT molecular complexity index is 287. The second kappa shape index (κ2) is 4.69. The molecule has 94 valence electrons. The molecule has 0 aromatic heterocycles. The lowest BCUT2D eigenvalue weighted by molar-refractivity contribution is -0.178. The van der Waals surface area contributed by atoms with Crippen molar-refractivity contribution in [2.75, 3.05) is 7.11 Å². The van der Waals surface area contributed by atoms with E-state index in [0.29, 0.717) is 0 Å². The van der Waals surface area contributed by atoms with Crippen LogP contribution in [-0.4, -0.2) is 41.9 Å². The van der Waals surface area contributed by atoms with Crippen molar-refractivity contribution in [1.82, 2.24) is 5.32 Å². The predicted octanol–water partition coefficient (Wildman–Crippen LogP) is 0.543. The molecular weight excluding hydrogens is 231 g/mol. The van der Waals surface area contributed by atoms with Crippen molar-refractivity contribution in [3.8, 4) is 0 Å². The van der Waals surface area contributed by atoms with E-state index in [4.69, 9.17) is 9.84 Å². The molecule has 0 spiro atoms. The largest absolute Gasteiger partial charge is 0.480 e. The summed E-state index contributed by atoms with van der Waals surface area (Å²) in [4.78, 5) is 21.3. The van der Waals surface area contributed by atoms with Gasteiger partial charge >= 0.3 is 18.1 Å². The van der Waals surface area contributed by atoms with E-state index in [0.717, 1.165) is 7.11 Å². The van der Waals surface area contributed by atoms with Gasteiger partial charge in [0.05, 0.1) is 5.60 Å². The van der Waals surface area contributed by atoms with Crippen molar-refractivity contribution in [2.24, 2.45) is 0 Å². The van der Waals surface area contributed by atoms with Gasteiger partial charge in [-0.15, -0.1) is 0 Å². The zero-order valence-corrected chi connectivity index (χ0v) is 8.88. The number of carboxylic acid groups (broad SMARTS) is 1. The van der Waals surface area contributed by atoms with Crippen molar-refractivity contribution in [2.45, 2.75) is 31.7 Å². The van der Waals surface area contributed by atoms with Crippen LogP contribution in [0.25, 0.3) is 0 Å². The molecular formula is C8H12F3NO4. The maximum atomic E-state index is 11.9. The molecule has 0 aromatic rings. The zero-order valence-electron chi connectivity index (χ0n) is 8.88. The molecule has 0 saturated carbocycles. The summed E-state index contributed by atoms with van der Waals surface area (Å²) in [5.74, 6) is -3.92. The molecule has 0 saturated heterocycles. The number of amides is 1. The summed E-state index contributed by atoms with van der Waals surface area (Å²) in [6.07, 6.45) is -5.13. The lowest BCUT2D eigenvalue weighted by atomic mass is 9.98. The van der Waals surface area contributed by atoms with E-state index in [1.807, 2.05) is 0 Å². The normalized spacial score (nSPS) is 14.4. The molecule has 8 heteroatoms. The van der Waals surface area contributed by atoms with Gasteiger partial charge in [-0.1, -0.05) is 0 Å². The number of nitrogens with one attached hydrogen (secondary N) is 1. The molecule has 0 aromatic carbocycles. The Labute approximate surface area is 89.6 Å². The quantitative estimate of drug-likeness (QED) is 0.755. The Hall–Kier alpha value is -1.31. The van der Waals surface area contributed by atoms with Gasteiger partial charge in [0.1, 0.15) is 0 Å². The fraction of sp³-hybridized carbons (Fsp3) is 0.750. The molecule has 0 aliphatic heterocycles. The van der Waals surface area contributed by atoms with Crippen LogP contribution in [0.5, 0.6) is 0 Å². The Morgan fingerprint density at radius 3 is 2.00 bits per heavy atom. The summed E-state index contributed by atoms with van der Waals surface area (Å²) in [6, 6.07) is -1.79. The van der Waals surface area contributed by atoms with Crippen LogP contribution < -0.4 is 5.32 Å². The van der Waals surface area contributed by atoms with Crippen molar-refractivity contribution in [1.29, 1.82) is 0 Å². The molecule has 0 bridgehead atoms. The van der Waals surface area contributed by atoms with Crippen LogP contribution in [0.2, 0.25) is 0 Å². The number of ether oxygens (including phenoxy) is 1. The van der Waals surface area contributed by atoms with Gasteiger partial charge in [-0.2, -0.15) is 13.2 Å². The van der Waals surface area contributed by atoms with Crippen molar-refractivity contribution >= 4 is 11.9 Å². The van der Waals surface area contributed by atoms with Crippen LogP contribution in [0.15, 0.2) is 0 Å². The number of rotatable bonds is 4. The molecule has 0 rings (SSSR count). The number of carbonyl (C=O) groups is 2. The number of alkyl halides is 3.